The van der Waals surface area contributed by atoms with Crippen LogP contribution < -0.4 is 10.5 Å². The summed E-state index contributed by atoms with van der Waals surface area (Å²) in [7, 11) is 0. The van der Waals surface area contributed by atoms with Crippen molar-refractivity contribution >= 4 is 5.69 Å². The van der Waals surface area contributed by atoms with Crippen LogP contribution >= 0.6 is 0 Å². The second-order valence-electron chi connectivity index (χ2n) is 5.69. The summed E-state index contributed by atoms with van der Waals surface area (Å²) < 4.78 is 5.67. The summed E-state index contributed by atoms with van der Waals surface area (Å²) in [5, 5.41) is 9.77. The van der Waals surface area contributed by atoms with Crippen LogP contribution in [-0.4, -0.2) is 11.7 Å². The zero-order valence-corrected chi connectivity index (χ0v) is 12.6. The number of aryl methyl sites for hydroxylation is 2. The minimum Gasteiger partial charge on any atom is -0.493 e. The van der Waals surface area contributed by atoms with Crippen molar-refractivity contribution in [1.29, 1.82) is 0 Å². The van der Waals surface area contributed by atoms with Gasteiger partial charge in [-0.25, -0.2) is 0 Å². The predicted molar refractivity (Wildman–Crippen MR) is 85.5 cm³/mol. The largest absolute Gasteiger partial charge is 0.493 e. The van der Waals surface area contributed by atoms with Gasteiger partial charge in [-0.2, -0.15) is 0 Å². The third-order valence-corrected chi connectivity index (χ3v) is 4.31. The van der Waals surface area contributed by atoms with Crippen LogP contribution in [0.25, 0.3) is 11.1 Å². The molecular weight excluding hydrogens is 262 g/mol. The number of ether oxygens (including phenoxy) is 1. The first-order chi connectivity index (χ1) is 10.1. The van der Waals surface area contributed by atoms with Crippen molar-refractivity contribution in [3.8, 4) is 16.9 Å². The quantitative estimate of drug-likeness (QED) is 0.831. The molecule has 2 aromatic carbocycles. The first-order valence-electron chi connectivity index (χ1n) is 7.37. The summed E-state index contributed by atoms with van der Waals surface area (Å²) in [5.41, 5.74) is 13.2. The predicted octanol–water partition coefficient (Wildman–Crippen LogP) is 3.37. The van der Waals surface area contributed by atoms with Crippen LogP contribution in [0, 0.1) is 13.8 Å². The average Bonchev–Trinajstić information content (AvgIpc) is 2.50. The maximum Gasteiger partial charge on any atom is 0.122 e. The second-order valence-corrected chi connectivity index (χ2v) is 5.69. The molecule has 0 aromatic heterocycles. The zero-order chi connectivity index (χ0) is 15.0. The third kappa shape index (κ3) is 2.38. The van der Waals surface area contributed by atoms with E-state index in [-0.39, 0.29) is 6.61 Å². The Hall–Kier alpha value is -2.00. The van der Waals surface area contributed by atoms with Crippen LogP contribution in [0.15, 0.2) is 24.3 Å². The molecule has 0 bridgehead atoms. The number of nitrogen functional groups attached to an aromatic ring is 1. The highest BCUT2D eigenvalue weighted by atomic mass is 16.5. The van der Waals surface area contributed by atoms with Crippen LogP contribution in [0.1, 0.15) is 28.7 Å². The van der Waals surface area contributed by atoms with Gasteiger partial charge in [-0.15, -0.1) is 0 Å². The molecule has 3 nitrogen and oxygen atoms in total. The molecule has 1 aliphatic rings. The molecule has 1 heterocycles. The Morgan fingerprint density at radius 1 is 1.24 bits per heavy atom. The molecule has 0 atom stereocenters. The molecule has 0 spiro atoms. The van der Waals surface area contributed by atoms with Gasteiger partial charge in [0.05, 0.1) is 13.2 Å². The number of nitrogens with two attached hydrogens (primary N) is 1. The van der Waals surface area contributed by atoms with Crippen molar-refractivity contribution in [3.05, 3.63) is 46.5 Å². The molecule has 0 fully saturated rings. The Bertz CT molecular complexity index is 692. The molecule has 3 N–H and O–H groups in total. The number of benzene rings is 2. The maximum atomic E-state index is 9.77. The molecule has 3 rings (SSSR count). The van der Waals surface area contributed by atoms with Gasteiger partial charge in [-0.05, 0) is 78.3 Å². The third-order valence-electron chi connectivity index (χ3n) is 4.31. The maximum absolute atomic E-state index is 9.77. The lowest BCUT2D eigenvalue weighted by molar-refractivity contribution is 0.281. The van der Waals surface area contributed by atoms with Gasteiger partial charge in [-0.1, -0.05) is 6.07 Å². The van der Waals surface area contributed by atoms with Crippen LogP contribution in [0.5, 0.6) is 5.75 Å². The Morgan fingerprint density at radius 3 is 2.81 bits per heavy atom. The van der Waals surface area contributed by atoms with E-state index in [9.17, 15) is 5.11 Å². The minimum absolute atomic E-state index is 0.000626. The number of fused-ring (bicyclic) bond motifs is 1. The Kier molecular flexibility index (Phi) is 3.60. The van der Waals surface area contributed by atoms with Gasteiger partial charge in [0, 0.05) is 5.69 Å². The van der Waals surface area contributed by atoms with E-state index in [2.05, 4.69) is 12.1 Å². The van der Waals surface area contributed by atoms with Gasteiger partial charge >= 0.3 is 0 Å². The van der Waals surface area contributed by atoms with E-state index in [1.165, 1.54) is 5.56 Å². The van der Waals surface area contributed by atoms with E-state index >= 15 is 0 Å². The monoisotopic (exact) mass is 283 g/mol. The molecule has 0 saturated carbocycles. The van der Waals surface area contributed by atoms with E-state index in [1.807, 2.05) is 26.0 Å². The van der Waals surface area contributed by atoms with E-state index in [1.54, 1.807) is 0 Å². The van der Waals surface area contributed by atoms with Crippen molar-refractivity contribution in [2.45, 2.75) is 33.3 Å². The van der Waals surface area contributed by atoms with Crippen LogP contribution in [0.2, 0.25) is 0 Å². The Labute approximate surface area is 125 Å². The van der Waals surface area contributed by atoms with Crippen LogP contribution in [0.3, 0.4) is 0 Å². The van der Waals surface area contributed by atoms with Crippen molar-refractivity contribution in [1.82, 2.24) is 0 Å². The molecule has 3 heteroatoms. The number of anilines is 1. The van der Waals surface area contributed by atoms with Crippen molar-refractivity contribution in [2.75, 3.05) is 12.3 Å². The molecule has 0 unspecified atom stereocenters. The highest BCUT2D eigenvalue weighted by Gasteiger charge is 2.16. The Morgan fingerprint density at radius 2 is 2.05 bits per heavy atom. The topological polar surface area (TPSA) is 55.5 Å². The highest BCUT2D eigenvalue weighted by Crippen LogP contribution is 2.36. The first-order valence-corrected chi connectivity index (χ1v) is 7.37. The molecule has 0 radical (unpaired) electrons. The number of aliphatic hydroxyl groups is 1. The van der Waals surface area contributed by atoms with Crippen molar-refractivity contribution < 1.29 is 9.84 Å². The van der Waals surface area contributed by atoms with Gasteiger partial charge in [0.1, 0.15) is 5.75 Å². The van der Waals surface area contributed by atoms with Gasteiger partial charge in [-0.3, -0.25) is 0 Å². The van der Waals surface area contributed by atoms with Crippen molar-refractivity contribution in [2.24, 2.45) is 0 Å². The van der Waals surface area contributed by atoms with E-state index in [0.29, 0.717) is 0 Å². The Balaban J connectivity index is 2.18. The molecular formula is C18H21NO2. The second kappa shape index (κ2) is 5.41. The molecule has 0 amide bonds. The molecule has 0 aliphatic carbocycles. The normalized spacial score (nSPS) is 13.7. The summed E-state index contributed by atoms with van der Waals surface area (Å²) in [4.78, 5) is 0. The minimum atomic E-state index is 0.000626. The highest BCUT2D eigenvalue weighted by molar-refractivity contribution is 5.77. The standard InChI is InChI=1S/C18H21NO2/c1-11-8-16(19)12(2)15(10-20)18(11)14-5-6-17-13(9-14)4-3-7-21-17/h5-6,8-9,20H,3-4,7,10,19H2,1-2H3. The average molecular weight is 283 g/mol. The van der Waals surface area contributed by atoms with Gasteiger partial charge in [0.15, 0.2) is 0 Å². The smallest absolute Gasteiger partial charge is 0.122 e. The fraction of sp³-hybridized carbons (Fsp3) is 0.333. The number of rotatable bonds is 2. The van der Waals surface area contributed by atoms with Gasteiger partial charge < -0.3 is 15.6 Å². The summed E-state index contributed by atoms with van der Waals surface area (Å²) in [6.07, 6.45) is 2.10. The number of aliphatic hydroxyl groups excluding tert-OH is 1. The summed E-state index contributed by atoms with van der Waals surface area (Å²) in [5.74, 6) is 0.986. The SMILES string of the molecule is Cc1cc(N)c(C)c(CO)c1-c1ccc2c(c1)CCCO2. The molecule has 0 saturated heterocycles. The lowest BCUT2D eigenvalue weighted by atomic mass is 9.89. The molecule has 110 valence electrons. The molecule has 1 aliphatic heterocycles. The molecule has 21 heavy (non-hydrogen) atoms. The van der Waals surface area contributed by atoms with E-state index in [4.69, 9.17) is 10.5 Å². The van der Waals surface area contributed by atoms with Crippen LogP contribution in [0.4, 0.5) is 5.69 Å². The summed E-state index contributed by atoms with van der Waals surface area (Å²) >= 11 is 0. The fourth-order valence-corrected chi connectivity index (χ4v) is 3.13. The fourth-order valence-electron chi connectivity index (χ4n) is 3.13. The zero-order valence-electron chi connectivity index (χ0n) is 12.6. The summed E-state index contributed by atoms with van der Waals surface area (Å²) in [6.45, 7) is 4.81. The first kappa shape index (κ1) is 14.0. The van der Waals surface area contributed by atoms with Gasteiger partial charge in [0.2, 0.25) is 0 Å². The van der Waals surface area contributed by atoms with Gasteiger partial charge in [0.25, 0.3) is 0 Å². The number of hydrogen-bond donors (Lipinski definition) is 2. The van der Waals surface area contributed by atoms with Crippen molar-refractivity contribution in [3.63, 3.8) is 0 Å². The molecule has 2 aromatic rings. The lowest BCUT2D eigenvalue weighted by Gasteiger charge is -2.20. The van der Waals surface area contributed by atoms with Crippen LogP contribution in [-0.2, 0) is 13.0 Å². The van der Waals surface area contributed by atoms with E-state index < -0.39 is 0 Å². The summed E-state index contributed by atoms with van der Waals surface area (Å²) in [6, 6.07) is 8.28. The number of hydrogen-bond acceptors (Lipinski definition) is 3. The van der Waals surface area contributed by atoms with E-state index in [0.717, 1.165) is 58.7 Å². The lowest BCUT2D eigenvalue weighted by Crippen LogP contribution is -2.08.